The van der Waals surface area contributed by atoms with Crippen LogP contribution in [0.3, 0.4) is 0 Å². The molecule has 1 aromatic heterocycles. The van der Waals surface area contributed by atoms with Crippen molar-refractivity contribution in [3.8, 4) is 0 Å². The first-order chi connectivity index (χ1) is 9.97. The van der Waals surface area contributed by atoms with Gasteiger partial charge in [0, 0.05) is 17.6 Å². The Labute approximate surface area is 130 Å². The molecule has 1 fully saturated rings. The zero-order valence-corrected chi connectivity index (χ0v) is 14.1. The molecule has 118 valence electrons. The van der Waals surface area contributed by atoms with Crippen molar-refractivity contribution in [2.24, 2.45) is 0 Å². The van der Waals surface area contributed by atoms with E-state index in [9.17, 15) is 4.79 Å². The van der Waals surface area contributed by atoms with Crippen LogP contribution in [-0.4, -0.2) is 41.2 Å². The molecule has 0 unspecified atom stereocenters. The second kappa shape index (κ2) is 6.75. The van der Waals surface area contributed by atoms with Crippen LogP contribution in [0, 0.1) is 0 Å². The maximum atomic E-state index is 12.4. The van der Waals surface area contributed by atoms with Crippen molar-refractivity contribution in [3.63, 3.8) is 0 Å². The molecule has 0 spiro atoms. The molecule has 2 rings (SSSR count). The smallest absolute Gasteiger partial charge is 0.318 e. The van der Waals surface area contributed by atoms with Crippen molar-refractivity contribution in [2.45, 2.75) is 52.2 Å². The number of thiazole rings is 1. The van der Waals surface area contributed by atoms with Gasteiger partial charge in [-0.3, -0.25) is 0 Å². The number of morpholine rings is 1. The van der Waals surface area contributed by atoms with Crippen molar-refractivity contribution < 1.29 is 9.53 Å². The Balaban J connectivity index is 1.94. The first-order valence-corrected chi connectivity index (χ1v) is 8.43. The quantitative estimate of drug-likeness (QED) is 0.930. The fraction of sp³-hybridized carbons (Fsp3) is 0.733. The van der Waals surface area contributed by atoms with Crippen LogP contribution < -0.4 is 5.32 Å². The number of nitrogens with zero attached hydrogens (tertiary/aromatic N) is 2. The summed E-state index contributed by atoms with van der Waals surface area (Å²) in [5.74, 6) is 0. The number of urea groups is 1. The second-order valence-corrected chi connectivity index (χ2v) is 6.91. The number of hydrogen-bond donors (Lipinski definition) is 1. The maximum Gasteiger partial charge on any atom is 0.318 e. The van der Waals surface area contributed by atoms with Gasteiger partial charge in [0.1, 0.15) is 5.01 Å². The number of hydrogen-bond acceptors (Lipinski definition) is 4. The highest BCUT2D eigenvalue weighted by Gasteiger charge is 2.33. The van der Waals surface area contributed by atoms with Crippen molar-refractivity contribution in [2.75, 3.05) is 19.7 Å². The van der Waals surface area contributed by atoms with E-state index in [1.54, 1.807) is 11.3 Å². The van der Waals surface area contributed by atoms with Crippen LogP contribution in [-0.2, 0) is 11.2 Å². The number of amides is 2. The second-order valence-electron chi connectivity index (χ2n) is 5.76. The third-order valence-electron chi connectivity index (χ3n) is 4.00. The lowest BCUT2D eigenvalue weighted by atomic mass is 10.0. The van der Waals surface area contributed by atoms with Crippen LogP contribution in [0.25, 0.3) is 0 Å². The summed E-state index contributed by atoms with van der Waals surface area (Å²) in [5, 5.41) is 4.01. The zero-order valence-electron chi connectivity index (χ0n) is 13.3. The molecule has 1 saturated heterocycles. The van der Waals surface area contributed by atoms with Crippen LogP contribution in [0.5, 0.6) is 0 Å². The number of aryl methyl sites for hydroxylation is 1. The molecule has 0 aliphatic carbocycles. The Hall–Kier alpha value is -1.14. The summed E-state index contributed by atoms with van der Waals surface area (Å²) < 4.78 is 5.77. The lowest BCUT2D eigenvalue weighted by molar-refractivity contribution is -0.0874. The van der Waals surface area contributed by atoms with E-state index in [2.05, 4.69) is 31.1 Å². The molecule has 1 N–H and O–H groups in total. The SMILES string of the molecule is CCc1cnc([C@@H](C)NC(=O)N2CCO[C@@](C)(CC)C2)s1. The van der Waals surface area contributed by atoms with E-state index in [0.29, 0.717) is 19.7 Å². The monoisotopic (exact) mass is 311 g/mol. The van der Waals surface area contributed by atoms with E-state index >= 15 is 0 Å². The highest BCUT2D eigenvalue weighted by molar-refractivity contribution is 7.11. The highest BCUT2D eigenvalue weighted by Crippen LogP contribution is 2.23. The van der Waals surface area contributed by atoms with Gasteiger partial charge in [-0.15, -0.1) is 11.3 Å². The predicted molar refractivity (Wildman–Crippen MR) is 84.7 cm³/mol. The first kappa shape index (κ1) is 16.2. The Kier molecular flexibility index (Phi) is 5.22. The molecule has 0 saturated carbocycles. The molecule has 2 amide bonds. The molecule has 1 aliphatic rings. The molecule has 2 heterocycles. The van der Waals surface area contributed by atoms with Crippen LogP contribution >= 0.6 is 11.3 Å². The zero-order chi connectivity index (χ0) is 15.5. The molecule has 5 nitrogen and oxygen atoms in total. The Morgan fingerprint density at radius 2 is 2.38 bits per heavy atom. The third-order valence-corrected chi connectivity index (χ3v) is 5.33. The standard InChI is InChI=1S/C15H25N3O2S/c1-5-12-9-16-13(21-12)11(3)17-14(19)18-7-8-20-15(4,6-2)10-18/h9,11H,5-8,10H2,1-4H3,(H,17,19)/t11-,15+/m1/s1. The van der Waals surface area contributed by atoms with Crippen molar-refractivity contribution in [3.05, 3.63) is 16.1 Å². The van der Waals surface area contributed by atoms with Gasteiger partial charge in [-0.05, 0) is 26.7 Å². The Morgan fingerprint density at radius 1 is 1.62 bits per heavy atom. The van der Waals surface area contributed by atoms with Gasteiger partial charge in [-0.25, -0.2) is 9.78 Å². The highest BCUT2D eigenvalue weighted by atomic mass is 32.1. The van der Waals surface area contributed by atoms with E-state index in [4.69, 9.17) is 4.74 Å². The normalized spacial score (nSPS) is 23.9. The van der Waals surface area contributed by atoms with E-state index in [0.717, 1.165) is 17.8 Å². The molecule has 6 heteroatoms. The molecule has 0 aromatic carbocycles. The number of carbonyl (C=O) groups is 1. The number of ether oxygens (including phenoxy) is 1. The summed E-state index contributed by atoms with van der Waals surface area (Å²) in [6.07, 6.45) is 3.78. The number of carbonyl (C=O) groups excluding carboxylic acids is 1. The third kappa shape index (κ3) is 3.95. The molecule has 0 bridgehead atoms. The lowest BCUT2D eigenvalue weighted by Crippen LogP contribution is -2.54. The van der Waals surface area contributed by atoms with Gasteiger partial charge in [0.05, 0.1) is 24.8 Å². The van der Waals surface area contributed by atoms with E-state index in [1.807, 2.05) is 18.0 Å². The average Bonchev–Trinajstić information content (AvgIpc) is 2.96. The first-order valence-electron chi connectivity index (χ1n) is 7.61. The minimum absolute atomic E-state index is 0.0290. The Morgan fingerprint density at radius 3 is 3.00 bits per heavy atom. The molecule has 21 heavy (non-hydrogen) atoms. The molecular weight excluding hydrogens is 286 g/mol. The molecular formula is C15H25N3O2S. The summed E-state index contributed by atoms with van der Waals surface area (Å²) in [4.78, 5) is 19.9. The van der Waals surface area contributed by atoms with Gasteiger partial charge in [-0.2, -0.15) is 0 Å². The molecule has 0 radical (unpaired) electrons. The summed E-state index contributed by atoms with van der Waals surface area (Å²) in [6, 6.07) is -0.0859. The van der Waals surface area contributed by atoms with Crippen LogP contribution in [0.4, 0.5) is 4.79 Å². The summed E-state index contributed by atoms with van der Waals surface area (Å²) in [7, 11) is 0. The van der Waals surface area contributed by atoms with Crippen molar-refractivity contribution in [1.29, 1.82) is 0 Å². The maximum absolute atomic E-state index is 12.4. The van der Waals surface area contributed by atoms with Gasteiger partial charge in [-0.1, -0.05) is 13.8 Å². The van der Waals surface area contributed by atoms with Gasteiger partial charge < -0.3 is 15.0 Å². The van der Waals surface area contributed by atoms with Gasteiger partial charge >= 0.3 is 6.03 Å². The summed E-state index contributed by atoms with van der Waals surface area (Å²) >= 11 is 1.66. The Bertz CT molecular complexity index is 491. The van der Waals surface area contributed by atoms with Gasteiger partial charge in [0.15, 0.2) is 0 Å². The van der Waals surface area contributed by atoms with E-state index in [-0.39, 0.29) is 17.7 Å². The van der Waals surface area contributed by atoms with Crippen molar-refractivity contribution >= 4 is 17.4 Å². The fourth-order valence-corrected chi connectivity index (χ4v) is 3.20. The van der Waals surface area contributed by atoms with Crippen LogP contribution in [0.15, 0.2) is 6.20 Å². The van der Waals surface area contributed by atoms with E-state index < -0.39 is 0 Å². The van der Waals surface area contributed by atoms with Crippen LogP contribution in [0.2, 0.25) is 0 Å². The largest absolute Gasteiger partial charge is 0.372 e. The minimum atomic E-state index is -0.227. The summed E-state index contributed by atoms with van der Waals surface area (Å²) in [5.41, 5.74) is -0.227. The topological polar surface area (TPSA) is 54.5 Å². The minimum Gasteiger partial charge on any atom is -0.372 e. The van der Waals surface area contributed by atoms with E-state index in [1.165, 1.54) is 4.88 Å². The summed E-state index contributed by atoms with van der Waals surface area (Å²) in [6.45, 7) is 10.1. The lowest BCUT2D eigenvalue weighted by Gasteiger charge is -2.40. The molecule has 2 atom stereocenters. The molecule has 1 aliphatic heterocycles. The number of rotatable bonds is 4. The van der Waals surface area contributed by atoms with Gasteiger partial charge in [0.25, 0.3) is 0 Å². The fourth-order valence-electron chi connectivity index (χ4n) is 2.34. The van der Waals surface area contributed by atoms with Crippen molar-refractivity contribution in [1.82, 2.24) is 15.2 Å². The van der Waals surface area contributed by atoms with Crippen LogP contribution in [0.1, 0.15) is 50.0 Å². The average molecular weight is 311 g/mol. The molecule has 1 aromatic rings. The number of aromatic nitrogens is 1. The number of nitrogens with one attached hydrogen (secondary N) is 1. The predicted octanol–water partition coefficient (Wildman–Crippen LogP) is 2.98. The van der Waals surface area contributed by atoms with Gasteiger partial charge in [0.2, 0.25) is 0 Å².